The van der Waals surface area contributed by atoms with Gasteiger partial charge in [0.15, 0.2) is 0 Å². The minimum atomic E-state index is -3.82. The fraction of sp³-hybridized carbons (Fsp3) is 0.609. The van der Waals surface area contributed by atoms with Crippen LogP contribution in [0, 0.1) is 11.8 Å². The van der Waals surface area contributed by atoms with Crippen LogP contribution in [0.15, 0.2) is 42.5 Å². The number of carboxylic acid groups (broad SMARTS) is 1. The fourth-order valence-electron chi connectivity index (χ4n) is 4.13. The highest BCUT2D eigenvalue weighted by Gasteiger charge is 2.44. The summed E-state index contributed by atoms with van der Waals surface area (Å²) in [7, 11) is -3.82. The van der Waals surface area contributed by atoms with Crippen molar-refractivity contribution in [3.05, 3.63) is 48.0 Å². The van der Waals surface area contributed by atoms with Crippen LogP contribution in [-0.4, -0.2) is 62.5 Å². The maximum Gasteiger partial charge on any atom is 0.303 e. The van der Waals surface area contributed by atoms with Crippen molar-refractivity contribution in [2.24, 2.45) is 11.8 Å². The second-order valence-electron chi connectivity index (χ2n) is 8.27. The minimum Gasteiger partial charge on any atom is -0.481 e. The lowest BCUT2D eigenvalue weighted by Gasteiger charge is -2.32. The van der Waals surface area contributed by atoms with E-state index in [-0.39, 0.29) is 38.1 Å². The molecular formula is C23H36NO7P. The summed E-state index contributed by atoms with van der Waals surface area (Å²) in [5.74, 6) is -1.53. The number of rotatable bonds is 14. The second kappa shape index (κ2) is 13.2. The number of benzene rings is 1. The van der Waals surface area contributed by atoms with Gasteiger partial charge in [-0.2, -0.15) is 0 Å². The maximum absolute atomic E-state index is 13.1. The van der Waals surface area contributed by atoms with Gasteiger partial charge in [-0.15, -0.1) is 4.83 Å². The van der Waals surface area contributed by atoms with Gasteiger partial charge in [0.1, 0.15) is 0 Å². The fourth-order valence-corrected chi connectivity index (χ4v) is 5.64. The highest BCUT2D eigenvalue weighted by molar-refractivity contribution is 7.55. The molecule has 8 nitrogen and oxygen atoms in total. The molecule has 0 aliphatic heterocycles. The molecule has 180 valence electrons. The number of nitrogens with zero attached hydrogens (tertiary/aromatic N) is 1. The monoisotopic (exact) mass is 469 g/mol. The van der Waals surface area contributed by atoms with Crippen molar-refractivity contribution >= 4 is 13.5 Å². The second-order valence-corrected chi connectivity index (χ2v) is 10.5. The van der Waals surface area contributed by atoms with Crippen LogP contribution in [0.1, 0.15) is 44.6 Å². The van der Waals surface area contributed by atoms with E-state index in [0.717, 1.165) is 10.4 Å². The standard InChI is InChI=1S/C23H36NO7P/c1-2-31-24(32(29,30)15-14-18-10-6-5-7-11-18)17-20-19(21(25)16-22(20)26)12-8-3-4-9-13-23(27)28/h3,5-8,10-11,19-22,25-26H,2,4,9,12-17H2,1H3,(H,27,28)(H,29,30)/t19?,20-,21+,22-/m1/s1. The molecule has 1 aliphatic carbocycles. The molecule has 4 N–H and O–H groups in total. The third-order valence-electron chi connectivity index (χ3n) is 5.89. The molecule has 1 fully saturated rings. The average Bonchev–Trinajstić information content (AvgIpc) is 3.01. The Labute approximate surface area is 190 Å². The Morgan fingerprint density at radius 1 is 1.19 bits per heavy atom. The highest BCUT2D eigenvalue weighted by Crippen LogP contribution is 2.48. The van der Waals surface area contributed by atoms with E-state index in [2.05, 4.69) is 0 Å². The molecule has 0 spiro atoms. The number of aryl methyl sites for hydroxylation is 1. The number of allylic oxidation sites excluding steroid dienone is 2. The summed E-state index contributed by atoms with van der Waals surface area (Å²) < 4.78 is 13.1. The van der Waals surface area contributed by atoms with Gasteiger partial charge in [-0.05, 0) is 50.5 Å². The van der Waals surface area contributed by atoms with Crippen molar-refractivity contribution in [2.45, 2.75) is 57.7 Å². The lowest BCUT2D eigenvalue weighted by molar-refractivity contribution is -0.137. The molecule has 0 aromatic heterocycles. The third-order valence-corrected chi connectivity index (χ3v) is 7.67. The Balaban J connectivity index is 2.00. The van der Waals surface area contributed by atoms with Crippen LogP contribution < -0.4 is 0 Å². The van der Waals surface area contributed by atoms with Crippen LogP contribution in [0.25, 0.3) is 0 Å². The molecule has 0 heterocycles. The van der Waals surface area contributed by atoms with Crippen molar-refractivity contribution in [2.75, 3.05) is 19.3 Å². The van der Waals surface area contributed by atoms with Gasteiger partial charge >= 0.3 is 5.97 Å². The number of hydrogen-bond acceptors (Lipinski definition) is 5. The van der Waals surface area contributed by atoms with Gasteiger partial charge in [0.2, 0.25) is 0 Å². The molecule has 1 aliphatic rings. The average molecular weight is 470 g/mol. The van der Waals surface area contributed by atoms with Crippen molar-refractivity contribution in [3.8, 4) is 0 Å². The summed E-state index contributed by atoms with van der Waals surface area (Å²) in [6.07, 6.45) is 4.68. The topological polar surface area (TPSA) is 128 Å². The van der Waals surface area contributed by atoms with E-state index in [1.165, 1.54) is 0 Å². The van der Waals surface area contributed by atoms with E-state index in [1.807, 2.05) is 42.5 Å². The van der Waals surface area contributed by atoms with E-state index < -0.39 is 31.6 Å². The van der Waals surface area contributed by atoms with E-state index in [4.69, 9.17) is 9.94 Å². The largest absolute Gasteiger partial charge is 0.481 e. The number of unbranched alkanes of at least 4 members (excludes halogenated alkanes) is 1. The van der Waals surface area contributed by atoms with Crippen LogP contribution in [0.3, 0.4) is 0 Å². The van der Waals surface area contributed by atoms with Gasteiger partial charge in [-0.25, -0.2) is 0 Å². The SMILES string of the molecule is CCON(C[C@@H]1C(CC=CCCCC(=O)O)[C@@H](O)C[C@H]1O)P(=O)(O)CCc1ccccc1. The smallest absolute Gasteiger partial charge is 0.303 e. The normalized spacial score (nSPS) is 25.4. The van der Waals surface area contributed by atoms with Gasteiger partial charge in [0.25, 0.3) is 7.52 Å². The number of hydroxylamine groups is 1. The quantitative estimate of drug-likeness (QED) is 0.142. The van der Waals surface area contributed by atoms with Gasteiger partial charge in [-0.3, -0.25) is 14.2 Å². The first-order valence-corrected chi connectivity index (χ1v) is 13.0. The molecule has 0 bridgehead atoms. The Morgan fingerprint density at radius 2 is 1.88 bits per heavy atom. The lowest BCUT2D eigenvalue weighted by atomic mass is 9.90. The van der Waals surface area contributed by atoms with Crippen LogP contribution in [0.4, 0.5) is 0 Å². The summed E-state index contributed by atoms with van der Waals surface area (Å²) in [5.41, 5.74) is 0.959. The van der Waals surface area contributed by atoms with Crippen molar-refractivity contribution in [1.82, 2.24) is 4.83 Å². The number of aliphatic hydroxyl groups excluding tert-OH is 2. The predicted molar refractivity (Wildman–Crippen MR) is 122 cm³/mol. The molecule has 5 atom stereocenters. The zero-order valence-corrected chi connectivity index (χ0v) is 19.5. The molecule has 2 rings (SSSR count). The number of aliphatic hydroxyl groups is 2. The van der Waals surface area contributed by atoms with E-state index >= 15 is 0 Å². The van der Waals surface area contributed by atoms with Crippen LogP contribution >= 0.6 is 7.52 Å². The summed E-state index contributed by atoms with van der Waals surface area (Å²) in [5, 5.41) is 29.7. The van der Waals surface area contributed by atoms with Crippen molar-refractivity contribution in [3.63, 3.8) is 0 Å². The molecule has 0 saturated heterocycles. The van der Waals surface area contributed by atoms with Gasteiger partial charge in [0, 0.05) is 25.0 Å². The molecule has 32 heavy (non-hydrogen) atoms. The first-order valence-electron chi connectivity index (χ1n) is 11.2. The molecule has 9 heteroatoms. The van der Waals surface area contributed by atoms with Gasteiger partial charge in [0.05, 0.1) is 18.8 Å². The van der Waals surface area contributed by atoms with E-state index in [9.17, 15) is 24.5 Å². The van der Waals surface area contributed by atoms with Crippen LogP contribution in [0.2, 0.25) is 0 Å². The summed E-state index contributed by atoms with van der Waals surface area (Å²) >= 11 is 0. The molecule has 0 radical (unpaired) electrons. The molecule has 1 aromatic rings. The van der Waals surface area contributed by atoms with Crippen LogP contribution in [-0.2, 0) is 20.6 Å². The number of hydrogen-bond donors (Lipinski definition) is 4. The molecule has 1 saturated carbocycles. The minimum absolute atomic E-state index is 0.0243. The Morgan fingerprint density at radius 3 is 2.53 bits per heavy atom. The van der Waals surface area contributed by atoms with E-state index in [1.54, 1.807) is 6.92 Å². The summed E-state index contributed by atoms with van der Waals surface area (Å²) in [6, 6.07) is 9.46. The Bertz CT molecular complexity index is 773. The number of carboxylic acids is 1. The van der Waals surface area contributed by atoms with Crippen LogP contribution in [0.5, 0.6) is 0 Å². The van der Waals surface area contributed by atoms with Crippen molar-refractivity contribution in [1.29, 1.82) is 0 Å². The Kier molecular flexibility index (Phi) is 11.0. The zero-order chi connectivity index (χ0) is 23.6. The third kappa shape index (κ3) is 8.43. The zero-order valence-electron chi connectivity index (χ0n) is 18.6. The van der Waals surface area contributed by atoms with Gasteiger partial charge in [-0.1, -0.05) is 42.5 Å². The number of aliphatic carboxylic acids is 1. The molecule has 2 unspecified atom stereocenters. The molecule has 1 aromatic carbocycles. The highest BCUT2D eigenvalue weighted by atomic mass is 31.2. The molecular weight excluding hydrogens is 433 g/mol. The lowest BCUT2D eigenvalue weighted by Crippen LogP contribution is -2.35. The first kappa shape index (κ1) is 26.7. The number of carbonyl (C=O) groups is 1. The van der Waals surface area contributed by atoms with E-state index in [0.29, 0.717) is 25.7 Å². The molecule has 0 amide bonds. The maximum atomic E-state index is 13.1. The predicted octanol–water partition coefficient (Wildman–Crippen LogP) is 3.23. The summed E-state index contributed by atoms with van der Waals surface area (Å²) in [4.78, 5) is 28.0. The van der Waals surface area contributed by atoms with Crippen molar-refractivity contribution < 1.29 is 34.4 Å². The Hall–Kier alpha value is -1.54. The summed E-state index contributed by atoms with van der Waals surface area (Å²) in [6.45, 7) is 2.00. The first-order chi connectivity index (χ1) is 15.2. The van der Waals surface area contributed by atoms with Gasteiger partial charge < -0.3 is 20.2 Å².